The Morgan fingerprint density at radius 1 is 0.816 bits per heavy atom. The molecule has 2 fully saturated rings. The van der Waals surface area contributed by atoms with Crippen LogP contribution < -0.4 is 9.64 Å². The minimum atomic E-state index is -0.534. The summed E-state index contributed by atoms with van der Waals surface area (Å²) in [4.78, 5) is 39.6. The number of rotatable bonds is 5. The Hall–Kier alpha value is -4.52. The fourth-order valence-corrected chi connectivity index (χ4v) is 6.24. The third kappa shape index (κ3) is 3.49. The van der Waals surface area contributed by atoms with Gasteiger partial charge in [0, 0.05) is 17.9 Å². The summed E-state index contributed by atoms with van der Waals surface area (Å²) in [6.45, 7) is 4.10. The maximum absolute atomic E-state index is 13.9. The first-order chi connectivity index (χ1) is 18.3. The van der Waals surface area contributed by atoms with E-state index in [9.17, 15) is 19.7 Å². The first kappa shape index (κ1) is 23.9. The zero-order chi connectivity index (χ0) is 26.7. The maximum atomic E-state index is 13.9. The van der Waals surface area contributed by atoms with E-state index >= 15 is 0 Å². The molecule has 6 rings (SSSR count). The third-order valence-corrected chi connectivity index (χ3v) is 8.00. The number of carbonyl (C=O) groups is 2. The fourth-order valence-electron chi connectivity index (χ4n) is 6.24. The van der Waals surface area contributed by atoms with Crippen LogP contribution in [0.4, 0.5) is 11.4 Å². The van der Waals surface area contributed by atoms with Crippen LogP contribution in [-0.2, 0) is 9.59 Å². The van der Waals surface area contributed by atoms with E-state index < -0.39 is 16.8 Å². The Balaban J connectivity index is 1.46. The van der Waals surface area contributed by atoms with E-state index in [0.717, 1.165) is 33.4 Å². The molecule has 3 aromatic rings. The SMILES string of the molecule is COc1cc([N+](=O)[O-])ccc1N1C(=O)[C@@H]2[C@@H](C1=O)[C@H]1C=C[C@H]2C1=C(c1ccc(C)cc1)c1ccc(C)cc1. The Kier molecular flexibility index (Phi) is 5.52. The van der Waals surface area contributed by atoms with Gasteiger partial charge in [-0.15, -0.1) is 0 Å². The van der Waals surface area contributed by atoms with E-state index in [1.165, 1.54) is 30.2 Å². The van der Waals surface area contributed by atoms with E-state index in [0.29, 0.717) is 0 Å². The lowest BCUT2D eigenvalue weighted by Gasteiger charge is -2.22. The molecule has 2 bridgehead atoms. The lowest BCUT2D eigenvalue weighted by atomic mass is 9.85. The molecule has 7 heteroatoms. The first-order valence-electron chi connectivity index (χ1n) is 12.6. The molecule has 2 amide bonds. The number of carbonyl (C=O) groups excluding carboxylic acids is 2. The zero-order valence-electron chi connectivity index (χ0n) is 21.3. The molecule has 4 atom stereocenters. The van der Waals surface area contributed by atoms with Gasteiger partial charge >= 0.3 is 0 Å². The van der Waals surface area contributed by atoms with Crippen LogP contribution in [0.1, 0.15) is 22.3 Å². The van der Waals surface area contributed by atoms with Gasteiger partial charge in [0.25, 0.3) is 5.69 Å². The van der Waals surface area contributed by atoms with Gasteiger partial charge in [0.2, 0.25) is 11.8 Å². The number of non-ortho nitro benzene ring substituents is 1. The highest BCUT2D eigenvalue weighted by atomic mass is 16.6. The Morgan fingerprint density at radius 3 is 1.76 bits per heavy atom. The lowest BCUT2D eigenvalue weighted by molar-refractivity contribution is -0.384. The number of imide groups is 1. The number of benzene rings is 3. The van der Waals surface area contributed by atoms with Crippen LogP contribution in [0.2, 0.25) is 0 Å². The van der Waals surface area contributed by atoms with Crippen LogP contribution in [0.3, 0.4) is 0 Å². The quantitative estimate of drug-likeness (QED) is 0.193. The van der Waals surface area contributed by atoms with Crippen LogP contribution in [0.5, 0.6) is 5.75 Å². The second-order valence-electron chi connectivity index (χ2n) is 10.2. The molecule has 2 aliphatic carbocycles. The molecular formula is C31H26N2O5. The number of nitro benzene ring substituents is 1. The van der Waals surface area contributed by atoms with Crippen LogP contribution in [-0.4, -0.2) is 23.8 Å². The number of nitrogens with zero attached hydrogens (tertiary/aromatic N) is 2. The Morgan fingerprint density at radius 2 is 1.32 bits per heavy atom. The predicted octanol–water partition coefficient (Wildman–Crippen LogP) is 5.64. The van der Waals surface area contributed by atoms with Gasteiger partial charge in [-0.1, -0.05) is 71.8 Å². The molecule has 0 unspecified atom stereocenters. The molecule has 38 heavy (non-hydrogen) atoms. The molecule has 3 aromatic carbocycles. The average molecular weight is 507 g/mol. The average Bonchev–Trinajstić information content (AvgIpc) is 3.55. The van der Waals surface area contributed by atoms with Gasteiger partial charge in [0.1, 0.15) is 5.75 Å². The molecule has 1 saturated carbocycles. The van der Waals surface area contributed by atoms with Gasteiger partial charge in [0.05, 0.1) is 35.6 Å². The number of allylic oxidation sites excluding steroid dienone is 3. The van der Waals surface area contributed by atoms with Crippen molar-refractivity contribution in [3.8, 4) is 5.75 Å². The summed E-state index contributed by atoms with van der Waals surface area (Å²) in [5, 5.41) is 11.2. The zero-order valence-corrected chi connectivity index (χ0v) is 21.3. The molecule has 1 heterocycles. The molecular weight excluding hydrogens is 480 g/mol. The van der Waals surface area contributed by atoms with E-state index in [2.05, 4.69) is 60.7 Å². The molecule has 0 spiro atoms. The minimum Gasteiger partial charge on any atom is -0.494 e. The number of ether oxygens (including phenoxy) is 1. The largest absolute Gasteiger partial charge is 0.494 e. The van der Waals surface area contributed by atoms with Gasteiger partial charge in [-0.25, -0.2) is 4.90 Å². The van der Waals surface area contributed by atoms with Crippen molar-refractivity contribution in [2.24, 2.45) is 23.7 Å². The number of methoxy groups -OCH3 is 1. The highest BCUT2D eigenvalue weighted by Crippen LogP contribution is 2.59. The highest BCUT2D eigenvalue weighted by molar-refractivity contribution is 6.24. The summed E-state index contributed by atoms with van der Waals surface area (Å²) in [5.41, 5.74) is 6.67. The van der Waals surface area contributed by atoms with Crippen molar-refractivity contribution in [1.82, 2.24) is 0 Å². The highest BCUT2D eigenvalue weighted by Gasteiger charge is 2.62. The van der Waals surface area contributed by atoms with E-state index in [1.807, 2.05) is 13.8 Å². The molecule has 1 aliphatic heterocycles. The summed E-state index contributed by atoms with van der Waals surface area (Å²) < 4.78 is 5.36. The number of amides is 2. The van der Waals surface area contributed by atoms with Crippen molar-refractivity contribution in [2.45, 2.75) is 13.8 Å². The number of fused-ring (bicyclic) bond motifs is 5. The van der Waals surface area contributed by atoms with Crippen LogP contribution in [0, 0.1) is 47.6 Å². The lowest BCUT2D eigenvalue weighted by Crippen LogP contribution is -2.33. The van der Waals surface area contributed by atoms with Gasteiger partial charge < -0.3 is 4.74 Å². The Labute approximate surface area is 220 Å². The maximum Gasteiger partial charge on any atom is 0.273 e. The third-order valence-electron chi connectivity index (χ3n) is 8.00. The molecule has 3 aliphatic rings. The number of aryl methyl sites for hydroxylation is 2. The van der Waals surface area contributed by atoms with E-state index in [-0.39, 0.29) is 40.8 Å². The normalized spacial score (nSPS) is 23.2. The van der Waals surface area contributed by atoms with Crippen LogP contribution in [0.25, 0.3) is 5.57 Å². The van der Waals surface area contributed by atoms with Crippen molar-refractivity contribution >= 4 is 28.8 Å². The van der Waals surface area contributed by atoms with Gasteiger partial charge in [0.15, 0.2) is 0 Å². The molecule has 0 aromatic heterocycles. The second kappa shape index (κ2) is 8.80. The summed E-state index contributed by atoms with van der Waals surface area (Å²) in [7, 11) is 1.37. The van der Waals surface area contributed by atoms with Crippen molar-refractivity contribution in [3.05, 3.63) is 117 Å². The summed E-state index contributed by atoms with van der Waals surface area (Å²) in [5.74, 6) is -1.96. The Bertz CT molecular complexity index is 1470. The molecule has 190 valence electrons. The fraction of sp³-hybridized carbons (Fsp3) is 0.226. The van der Waals surface area contributed by atoms with Gasteiger partial charge in [-0.05, 0) is 42.2 Å². The molecule has 0 N–H and O–H groups in total. The van der Waals surface area contributed by atoms with Gasteiger partial charge in [-0.3, -0.25) is 19.7 Å². The van der Waals surface area contributed by atoms with Crippen molar-refractivity contribution in [1.29, 1.82) is 0 Å². The number of anilines is 1. The summed E-state index contributed by atoms with van der Waals surface area (Å²) in [6, 6.07) is 20.7. The van der Waals surface area contributed by atoms with Gasteiger partial charge in [-0.2, -0.15) is 0 Å². The van der Waals surface area contributed by atoms with Crippen molar-refractivity contribution in [3.63, 3.8) is 0 Å². The molecule has 7 nitrogen and oxygen atoms in total. The van der Waals surface area contributed by atoms with E-state index in [4.69, 9.17) is 4.74 Å². The number of nitro groups is 1. The molecule has 0 radical (unpaired) electrons. The minimum absolute atomic E-state index is 0.122. The first-order valence-corrected chi connectivity index (χ1v) is 12.6. The predicted molar refractivity (Wildman–Crippen MR) is 144 cm³/mol. The topological polar surface area (TPSA) is 89.8 Å². The monoisotopic (exact) mass is 506 g/mol. The second-order valence-corrected chi connectivity index (χ2v) is 10.2. The number of hydrogen-bond donors (Lipinski definition) is 0. The standard InChI is InChI=1S/C31H26N2O5/c1-17-4-8-19(9-5-17)26(20-10-6-18(2)7-11-20)27-22-13-14-23(27)29-28(22)30(34)32(31(29)35)24-15-12-21(33(36)37)16-25(24)38-3/h4-16,22-23,28-29H,1-3H3/t22-,23-,28-,29-/m0/s1. The van der Waals surface area contributed by atoms with Crippen molar-refractivity contribution < 1.29 is 19.2 Å². The van der Waals surface area contributed by atoms with Crippen LogP contribution >= 0.6 is 0 Å². The number of hydrogen-bond acceptors (Lipinski definition) is 5. The molecule has 1 saturated heterocycles. The van der Waals surface area contributed by atoms with Crippen LogP contribution in [0.15, 0.2) is 84.5 Å². The summed E-state index contributed by atoms with van der Waals surface area (Å²) in [6.07, 6.45) is 4.12. The smallest absolute Gasteiger partial charge is 0.273 e. The van der Waals surface area contributed by atoms with E-state index in [1.54, 1.807) is 0 Å². The summed E-state index contributed by atoms with van der Waals surface area (Å²) >= 11 is 0. The van der Waals surface area contributed by atoms with Crippen molar-refractivity contribution in [2.75, 3.05) is 12.0 Å².